The second-order valence-corrected chi connectivity index (χ2v) is 12.9. The molecule has 0 amide bonds. The summed E-state index contributed by atoms with van der Waals surface area (Å²) in [6.45, 7) is 13.3. The van der Waals surface area contributed by atoms with Crippen molar-refractivity contribution in [2.45, 2.75) is 78.6 Å². The maximum absolute atomic E-state index is 6.67. The molecular formula is C30H39BiO3. The van der Waals surface area contributed by atoms with E-state index in [2.05, 4.69) is 96.1 Å². The number of para-hydroxylation sites is 3. The van der Waals surface area contributed by atoms with Crippen molar-refractivity contribution in [1.29, 1.82) is 0 Å². The summed E-state index contributed by atoms with van der Waals surface area (Å²) in [4.78, 5) is 0. The Labute approximate surface area is 216 Å². The Morgan fingerprint density at radius 2 is 0.765 bits per heavy atom. The van der Waals surface area contributed by atoms with E-state index in [1.54, 1.807) is 0 Å². The van der Waals surface area contributed by atoms with Gasteiger partial charge in [0.25, 0.3) is 0 Å². The summed E-state index contributed by atoms with van der Waals surface area (Å²) in [5, 5.41) is 0. The third-order valence-corrected chi connectivity index (χ3v) is 10.7. The molecule has 0 bridgehead atoms. The van der Waals surface area contributed by atoms with Gasteiger partial charge in [0, 0.05) is 0 Å². The summed E-state index contributed by atoms with van der Waals surface area (Å²) in [6.07, 6.45) is 3.15. The van der Waals surface area contributed by atoms with Gasteiger partial charge >= 0.3 is 217 Å². The van der Waals surface area contributed by atoms with Crippen LogP contribution in [0, 0.1) is 0 Å². The van der Waals surface area contributed by atoms with E-state index in [1.165, 1.54) is 16.7 Å². The molecule has 0 N–H and O–H groups in total. The van der Waals surface area contributed by atoms with Crippen molar-refractivity contribution in [1.82, 2.24) is 0 Å². The van der Waals surface area contributed by atoms with Gasteiger partial charge < -0.3 is 0 Å². The maximum atomic E-state index is 6.67. The van der Waals surface area contributed by atoms with E-state index in [0.29, 0.717) is 17.8 Å². The molecular weight excluding hydrogens is 617 g/mol. The van der Waals surface area contributed by atoms with E-state index in [9.17, 15) is 0 Å². The van der Waals surface area contributed by atoms with Crippen LogP contribution in [0.15, 0.2) is 72.8 Å². The van der Waals surface area contributed by atoms with Crippen molar-refractivity contribution in [2.75, 3.05) is 0 Å². The summed E-state index contributed by atoms with van der Waals surface area (Å²) >= 11 is -3.47. The molecule has 3 nitrogen and oxygen atoms in total. The Bertz CT molecular complexity index is 903. The van der Waals surface area contributed by atoms with Crippen LogP contribution < -0.4 is 8.44 Å². The van der Waals surface area contributed by atoms with Gasteiger partial charge in [-0.2, -0.15) is 0 Å². The first-order chi connectivity index (χ1) is 16.5. The third-order valence-electron chi connectivity index (χ3n) is 6.71. The molecule has 182 valence electrons. The van der Waals surface area contributed by atoms with Gasteiger partial charge in [-0.1, -0.05) is 0 Å². The summed E-state index contributed by atoms with van der Waals surface area (Å²) in [6, 6.07) is 25.0. The Kier molecular flexibility index (Phi) is 10.3. The number of rotatable bonds is 12. The van der Waals surface area contributed by atoms with Crippen LogP contribution >= 0.6 is 0 Å². The van der Waals surface area contributed by atoms with Crippen LogP contribution in [0.2, 0.25) is 0 Å². The zero-order valence-electron chi connectivity index (χ0n) is 21.5. The molecule has 4 heteroatoms. The molecule has 3 unspecified atom stereocenters. The number of hydrogen-bond donors (Lipinski definition) is 0. The topological polar surface area (TPSA) is 27.7 Å². The van der Waals surface area contributed by atoms with E-state index >= 15 is 0 Å². The molecule has 0 spiro atoms. The van der Waals surface area contributed by atoms with Crippen molar-refractivity contribution in [3.05, 3.63) is 89.5 Å². The molecule has 3 aromatic carbocycles. The van der Waals surface area contributed by atoms with E-state index in [0.717, 1.165) is 36.5 Å². The first kappa shape index (κ1) is 26.5. The molecule has 3 aromatic rings. The molecule has 0 aliphatic heterocycles. The van der Waals surface area contributed by atoms with Gasteiger partial charge in [-0.15, -0.1) is 0 Å². The Morgan fingerprint density at radius 1 is 0.500 bits per heavy atom. The van der Waals surface area contributed by atoms with Crippen molar-refractivity contribution in [3.63, 3.8) is 0 Å². The van der Waals surface area contributed by atoms with Gasteiger partial charge in [0.15, 0.2) is 0 Å². The monoisotopic (exact) mass is 656 g/mol. The van der Waals surface area contributed by atoms with Crippen LogP contribution in [-0.4, -0.2) is 23.1 Å². The number of hydrogen-bond acceptors (Lipinski definition) is 3. The predicted octanol–water partition coefficient (Wildman–Crippen LogP) is 8.75. The van der Waals surface area contributed by atoms with Crippen LogP contribution in [0.3, 0.4) is 0 Å². The van der Waals surface area contributed by atoms with Crippen LogP contribution in [0.5, 0.6) is 17.2 Å². The van der Waals surface area contributed by atoms with E-state index in [1.807, 2.05) is 18.2 Å². The molecule has 3 atom stereocenters. The fourth-order valence-corrected chi connectivity index (χ4v) is 8.12. The zero-order valence-corrected chi connectivity index (χ0v) is 24.9. The van der Waals surface area contributed by atoms with Gasteiger partial charge in [-0.3, -0.25) is 0 Å². The molecule has 0 aliphatic carbocycles. The standard InChI is InChI=1S/3C10H14O.Bi/c3*1-3-8(2)9-6-4-5-7-10(9)11;/h3*4-8,11H,3H2,1-2H3;/q;;;+3/p-3. The van der Waals surface area contributed by atoms with Crippen LogP contribution in [0.25, 0.3) is 0 Å². The SMILES string of the molecule is CCC(C)c1ccccc1[O][Bi]([O]c1ccccc1C(C)CC)[O]c1ccccc1C(C)CC. The van der Waals surface area contributed by atoms with Gasteiger partial charge in [-0.25, -0.2) is 0 Å². The van der Waals surface area contributed by atoms with Gasteiger partial charge in [0.2, 0.25) is 0 Å². The van der Waals surface area contributed by atoms with E-state index in [-0.39, 0.29) is 0 Å². The average Bonchev–Trinajstić information content (AvgIpc) is 2.88. The Morgan fingerprint density at radius 3 is 1.03 bits per heavy atom. The van der Waals surface area contributed by atoms with Crippen molar-refractivity contribution >= 4 is 23.1 Å². The van der Waals surface area contributed by atoms with Gasteiger partial charge in [-0.05, 0) is 0 Å². The third kappa shape index (κ3) is 6.75. The van der Waals surface area contributed by atoms with Gasteiger partial charge in [0.05, 0.1) is 0 Å². The minimum atomic E-state index is -3.47. The summed E-state index contributed by atoms with van der Waals surface area (Å²) in [7, 11) is 0. The molecule has 0 radical (unpaired) electrons. The molecule has 0 fully saturated rings. The predicted molar refractivity (Wildman–Crippen MR) is 143 cm³/mol. The van der Waals surface area contributed by atoms with E-state index < -0.39 is 23.1 Å². The van der Waals surface area contributed by atoms with Crippen LogP contribution in [0.4, 0.5) is 0 Å². The first-order valence-corrected chi connectivity index (χ1v) is 16.8. The normalized spacial score (nSPS) is 13.9. The van der Waals surface area contributed by atoms with Crippen molar-refractivity contribution < 1.29 is 8.44 Å². The van der Waals surface area contributed by atoms with E-state index in [4.69, 9.17) is 8.44 Å². The van der Waals surface area contributed by atoms with Crippen LogP contribution in [-0.2, 0) is 0 Å². The second kappa shape index (κ2) is 13.1. The van der Waals surface area contributed by atoms with Crippen molar-refractivity contribution in [2.24, 2.45) is 0 Å². The van der Waals surface area contributed by atoms with Gasteiger partial charge in [0.1, 0.15) is 0 Å². The summed E-state index contributed by atoms with van der Waals surface area (Å²) in [5.74, 6) is 3.87. The molecule has 0 heterocycles. The summed E-state index contributed by atoms with van der Waals surface area (Å²) in [5.41, 5.74) is 3.63. The fourth-order valence-electron chi connectivity index (χ4n) is 3.87. The molecule has 34 heavy (non-hydrogen) atoms. The fraction of sp³-hybridized carbons (Fsp3) is 0.400. The molecule has 0 aliphatic rings. The van der Waals surface area contributed by atoms with Crippen LogP contribution in [0.1, 0.15) is 95.2 Å². The Hall–Kier alpha value is -2.06. The molecule has 0 aromatic heterocycles. The zero-order chi connectivity index (χ0) is 24.5. The quantitative estimate of drug-likeness (QED) is 0.183. The average molecular weight is 657 g/mol. The van der Waals surface area contributed by atoms with Crippen molar-refractivity contribution in [3.8, 4) is 17.2 Å². The number of benzene rings is 3. The molecule has 0 saturated carbocycles. The second-order valence-electron chi connectivity index (χ2n) is 9.04. The molecule has 0 saturated heterocycles. The minimum absolute atomic E-state index is 0.404. The molecule has 3 rings (SSSR count). The Balaban J connectivity index is 1.99. The summed E-state index contributed by atoms with van der Waals surface area (Å²) < 4.78 is 20.0. The first-order valence-electron chi connectivity index (χ1n) is 12.6.